The summed E-state index contributed by atoms with van der Waals surface area (Å²) in [6.45, 7) is 8.26. The molecular weight excluding hydrogens is 250 g/mol. The van der Waals surface area contributed by atoms with Crippen molar-refractivity contribution in [2.45, 2.75) is 65.8 Å². The maximum Gasteiger partial charge on any atom is 0.138 e. The zero-order chi connectivity index (χ0) is 15.1. The summed E-state index contributed by atoms with van der Waals surface area (Å²) in [4.78, 5) is 16.6. The summed E-state index contributed by atoms with van der Waals surface area (Å²) in [5, 5.41) is 3.79. The maximum atomic E-state index is 12.0. The molecule has 0 amide bonds. The van der Waals surface area contributed by atoms with Gasteiger partial charge in [-0.15, -0.1) is 0 Å². The molecule has 0 spiro atoms. The Morgan fingerprint density at radius 3 is 2.25 bits per heavy atom. The second-order valence-corrected chi connectivity index (χ2v) is 6.56. The van der Waals surface area contributed by atoms with Crippen LogP contribution in [0.5, 0.6) is 0 Å². The summed E-state index contributed by atoms with van der Waals surface area (Å²) in [6, 6.07) is 0.329. The van der Waals surface area contributed by atoms with E-state index in [4.69, 9.17) is 5.84 Å². The fraction of sp³-hybridized carbons (Fsp3) is 0.812. The van der Waals surface area contributed by atoms with Crippen LogP contribution in [0.2, 0.25) is 0 Å². The van der Waals surface area contributed by atoms with Crippen LogP contribution in [0.3, 0.4) is 0 Å². The molecule has 0 unspecified atom stereocenters. The molecule has 0 aromatic heterocycles. The second-order valence-electron chi connectivity index (χ2n) is 6.56. The van der Waals surface area contributed by atoms with Gasteiger partial charge >= 0.3 is 0 Å². The summed E-state index contributed by atoms with van der Waals surface area (Å²) in [6.07, 6.45) is 6.63. The van der Waals surface area contributed by atoms with Crippen molar-refractivity contribution in [2.24, 2.45) is 33.7 Å². The Hall–Kier alpha value is -1.19. The molecular formula is C16H29N3O. The van der Waals surface area contributed by atoms with Crippen molar-refractivity contribution in [3.63, 3.8) is 0 Å². The molecule has 0 radical (unpaired) electrons. The lowest BCUT2D eigenvalue weighted by molar-refractivity contribution is -0.126. The van der Waals surface area contributed by atoms with Crippen LogP contribution < -0.4 is 5.84 Å². The molecule has 20 heavy (non-hydrogen) atoms. The van der Waals surface area contributed by atoms with Gasteiger partial charge < -0.3 is 5.84 Å². The molecule has 1 aliphatic rings. The molecule has 0 aromatic carbocycles. The highest BCUT2D eigenvalue weighted by molar-refractivity contribution is 6.30. The quantitative estimate of drug-likeness (QED) is 0.461. The van der Waals surface area contributed by atoms with E-state index >= 15 is 0 Å². The molecule has 4 nitrogen and oxygen atoms in total. The summed E-state index contributed by atoms with van der Waals surface area (Å²) in [5.41, 5.74) is 0.861. The Kier molecular flexibility index (Phi) is 6.89. The van der Waals surface area contributed by atoms with Gasteiger partial charge in [0.2, 0.25) is 0 Å². The first-order chi connectivity index (χ1) is 9.43. The van der Waals surface area contributed by atoms with Crippen molar-refractivity contribution in [2.75, 3.05) is 0 Å². The number of hydrazone groups is 1. The van der Waals surface area contributed by atoms with Crippen molar-refractivity contribution >= 4 is 17.7 Å². The number of nitrogens with two attached hydrogens (primary N) is 1. The maximum absolute atomic E-state index is 12.0. The van der Waals surface area contributed by atoms with Gasteiger partial charge in [0, 0.05) is 18.1 Å². The summed E-state index contributed by atoms with van der Waals surface area (Å²) in [5.74, 6) is 6.73. The van der Waals surface area contributed by atoms with Gasteiger partial charge in [-0.2, -0.15) is 5.10 Å². The molecule has 2 N–H and O–H groups in total. The van der Waals surface area contributed by atoms with Crippen LogP contribution in [0, 0.1) is 17.8 Å². The van der Waals surface area contributed by atoms with Crippen molar-refractivity contribution < 1.29 is 4.79 Å². The van der Waals surface area contributed by atoms with E-state index in [1.807, 2.05) is 20.1 Å². The van der Waals surface area contributed by atoms with Crippen molar-refractivity contribution in [1.82, 2.24) is 0 Å². The van der Waals surface area contributed by atoms with E-state index in [0.29, 0.717) is 17.7 Å². The predicted octanol–water partition coefficient (Wildman–Crippen LogP) is 3.20. The lowest BCUT2D eigenvalue weighted by Crippen LogP contribution is -2.26. The molecule has 0 bridgehead atoms. The van der Waals surface area contributed by atoms with Crippen LogP contribution in [-0.2, 0) is 4.79 Å². The monoisotopic (exact) mass is 279 g/mol. The Morgan fingerprint density at radius 1 is 1.20 bits per heavy atom. The number of carbonyl (C=O) groups excluding carboxylic acids is 1. The lowest BCUT2D eigenvalue weighted by Gasteiger charge is -2.26. The van der Waals surface area contributed by atoms with Crippen LogP contribution in [-0.4, -0.2) is 23.8 Å². The Morgan fingerprint density at radius 2 is 1.80 bits per heavy atom. The molecule has 0 heterocycles. The van der Waals surface area contributed by atoms with Gasteiger partial charge in [-0.25, -0.2) is 0 Å². The number of hydrogen-bond donors (Lipinski definition) is 1. The van der Waals surface area contributed by atoms with Gasteiger partial charge in [0.05, 0.1) is 11.8 Å². The lowest BCUT2D eigenvalue weighted by atomic mass is 9.81. The van der Waals surface area contributed by atoms with Crippen molar-refractivity contribution in [3.8, 4) is 0 Å². The molecule has 0 saturated heterocycles. The largest absolute Gasteiger partial charge is 0.323 e. The Labute approximate surface area is 122 Å². The van der Waals surface area contributed by atoms with Gasteiger partial charge in [-0.3, -0.25) is 9.79 Å². The highest BCUT2D eigenvalue weighted by atomic mass is 16.1. The Bertz CT molecular complexity index is 364. The van der Waals surface area contributed by atoms with Gasteiger partial charge in [-0.1, -0.05) is 27.7 Å². The molecule has 1 saturated carbocycles. The number of rotatable bonds is 6. The average molecular weight is 279 g/mol. The minimum Gasteiger partial charge on any atom is -0.323 e. The van der Waals surface area contributed by atoms with E-state index in [0.717, 1.165) is 37.8 Å². The molecule has 1 fully saturated rings. The fourth-order valence-corrected chi connectivity index (χ4v) is 2.73. The van der Waals surface area contributed by atoms with E-state index in [1.165, 1.54) is 0 Å². The number of hydrogen-bond acceptors (Lipinski definition) is 4. The zero-order valence-electron chi connectivity index (χ0n) is 13.3. The van der Waals surface area contributed by atoms with Gasteiger partial charge in [-0.05, 0) is 38.0 Å². The summed E-state index contributed by atoms with van der Waals surface area (Å²) < 4.78 is 0. The number of Topliss-reactive ketones (excluding diaryl/α,β-unsaturated/α-hetero) is 1. The number of aliphatic imine (C=N–C) groups is 1. The molecule has 0 atom stereocenters. The van der Waals surface area contributed by atoms with E-state index in [2.05, 4.69) is 23.9 Å². The summed E-state index contributed by atoms with van der Waals surface area (Å²) >= 11 is 0. The van der Waals surface area contributed by atoms with Crippen LogP contribution in [0.25, 0.3) is 0 Å². The fourth-order valence-electron chi connectivity index (χ4n) is 2.73. The third-order valence-electron chi connectivity index (χ3n) is 3.89. The molecule has 0 aliphatic heterocycles. The molecule has 1 aliphatic carbocycles. The first-order valence-corrected chi connectivity index (χ1v) is 7.77. The predicted molar refractivity (Wildman–Crippen MR) is 85.2 cm³/mol. The average Bonchev–Trinajstić information content (AvgIpc) is 2.42. The Balaban J connectivity index is 2.44. The van der Waals surface area contributed by atoms with Crippen molar-refractivity contribution in [1.29, 1.82) is 0 Å². The van der Waals surface area contributed by atoms with Crippen LogP contribution in [0.15, 0.2) is 10.1 Å². The minimum atomic E-state index is 0.155. The topological polar surface area (TPSA) is 67.8 Å². The van der Waals surface area contributed by atoms with E-state index in [1.54, 1.807) is 0 Å². The number of carbonyl (C=O) groups is 1. The van der Waals surface area contributed by atoms with Gasteiger partial charge in [0.1, 0.15) is 5.78 Å². The highest BCUT2D eigenvalue weighted by Crippen LogP contribution is 2.28. The number of ketones is 1. The second kappa shape index (κ2) is 8.18. The van der Waals surface area contributed by atoms with E-state index in [-0.39, 0.29) is 11.8 Å². The van der Waals surface area contributed by atoms with E-state index < -0.39 is 0 Å². The number of nitrogens with zero attached hydrogens (tertiary/aromatic N) is 2. The van der Waals surface area contributed by atoms with Crippen LogP contribution >= 0.6 is 0 Å². The third-order valence-corrected chi connectivity index (χ3v) is 3.89. The van der Waals surface area contributed by atoms with Gasteiger partial charge in [0.15, 0.2) is 0 Å². The van der Waals surface area contributed by atoms with E-state index in [9.17, 15) is 4.79 Å². The summed E-state index contributed by atoms with van der Waals surface area (Å²) in [7, 11) is 0. The van der Waals surface area contributed by atoms with Crippen molar-refractivity contribution in [3.05, 3.63) is 0 Å². The van der Waals surface area contributed by atoms with Crippen LogP contribution in [0.4, 0.5) is 0 Å². The molecule has 4 heteroatoms. The SMILES string of the molecule is CC(C)CC(C=NC1CCC(C(=O)C(C)C)CC1)=NN. The standard InChI is InChI=1S/C16H29N3O/c1-11(2)9-15(19-17)10-18-14-7-5-13(6-8-14)16(20)12(3)4/h10-14H,5-9,17H2,1-4H3. The third kappa shape index (κ3) is 5.43. The van der Waals surface area contributed by atoms with Gasteiger partial charge in [0.25, 0.3) is 0 Å². The molecule has 1 rings (SSSR count). The first-order valence-electron chi connectivity index (χ1n) is 7.77. The zero-order valence-corrected chi connectivity index (χ0v) is 13.3. The minimum absolute atomic E-state index is 0.155. The van der Waals surface area contributed by atoms with Crippen LogP contribution in [0.1, 0.15) is 59.8 Å². The highest BCUT2D eigenvalue weighted by Gasteiger charge is 2.27. The molecule has 114 valence electrons. The smallest absolute Gasteiger partial charge is 0.138 e. The molecule has 0 aromatic rings. The first kappa shape index (κ1) is 16.9. The normalized spacial score (nSPS) is 24.8.